The Bertz CT molecular complexity index is 604. The Labute approximate surface area is 114 Å². The number of hydrogen-bond donors (Lipinski definition) is 3. The van der Waals surface area contributed by atoms with Gasteiger partial charge in [-0.1, -0.05) is 0 Å². The molecule has 2 amide bonds. The van der Waals surface area contributed by atoms with Crippen molar-refractivity contribution in [3.63, 3.8) is 0 Å². The average molecular weight is 276 g/mol. The van der Waals surface area contributed by atoms with Crippen LogP contribution in [0.15, 0.2) is 23.3 Å². The molecule has 3 N–H and O–H groups in total. The van der Waals surface area contributed by atoms with Crippen LogP contribution in [0, 0.1) is 18.3 Å². The van der Waals surface area contributed by atoms with E-state index in [4.69, 9.17) is 15.1 Å². The Balaban J connectivity index is 2.87. The van der Waals surface area contributed by atoms with E-state index < -0.39 is 17.7 Å². The molecule has 104 valence electrons. The Morgan fingerprint density at radius 1 is 1.45 bits per heavy atom. The molecule has 0 aliphatic rings. The van der Waals surface area contributed by atoms with Crippen LogP contribution in [-0.4, -0.2) is 29.9 Å². The van der Waals surface area contributed by atoms with Gasteiger partial charge in [-0.15, -0.1) is 0 Å². The van der Waals surface area contributed by atoms with Gasteiger partial charge in [0, 0.05) is 0 Å². The van der Waals surface area contributed by atoms with Gasteiger partial charge in [-0.25, -0.2) is 4.79 Å². The summed E-state index contributed by atoms with van der Waals surface area (Å²) in [7, 11) is 1.53. The van der Waals surface area contributed by atoms with E-state index in [-0.39, 0.29) is 0 Å². The smallest absolute Gasteiger partial charge is 0.411 e. The van der Waals surface area contributed by atoms with Gasteiger partial charge < -0.3 is 9.84 Å². The van der Waals surface area contributed by atoms with Gasteiger partial charge in [0.2, 0.25) is 5.71 Å². The first-order valence-electron chi connectivity index (χ1n) is 5.40. The molecule has 0 aliphatic heterocycles. The number of carbonyl (C=O) groups excluding carboxylic acids is 1. The number of methoxy groups -OCH3 is 1. The Hall–Kier alpha value is -3.08. The third-order valence-corrected chi connectivity index (χ3v) is 2.26. The van der Waals surface area contributed by atoms with Crippen LogP contribution in [0.5, 0.6) is 5.75 Å². The first-order chi connectivity index (χ1) is 9.47. The third-order valence-electron chi connectivity index (χ3n) is 2.26. The Kier molecular flexibility index (Phi) is 5.05. The van der Waals surface area contributed by atoms with Crippen LogP contribution in [0.3, 0.4) is 0 Å². The average Bonchev–Trinajstić information content (AvgIpc) is 2.40. The van der Waals surface area contributed by atoms with Crippen LogP contribution < -0.4 is 15.5 Å². The van der Waals surface area contributed by atoms with Crippen LogP contribution in [-0.2, 0) is 4.79 Å². The molecule has 0 spiro atoms. The van der Waals surface area contributed by atoms with Gasteiger partial charge >= 0.3 is 6.09 Å². The van der Waals surface area contributed by atoms with Crippen molar-refractivity contribution in [2.75, 3.05) is 12.5 Å². The molecule has 0 aromatic heterocycles. The summed E-state index contributed by atoms with van der Waals surface area (Å²) in [5, 5.41) is 22.2. The van der Waals surface area contributed by atoms with E-state index in [0.29, 0.717) is 11.4 Å². The highest BCUT2D eigenvalue weighted by Gasteiger charge is 2.13. The number of amides is 2. The lowest BCUT2D eigenvalue weighted by Gasteiger charge is -2.07. The number of nitriles is 1. The standard InChI is InChI=1S/C12H12N4O4/c1-7-5-8(20-2)3-4-9(7)15-16-10(6-13)11(17)14-12(18)19/h3-5,15H,1-2H3,(H,14,17)(H,18,19)/b16-10-. The van der Waals surface area contributed by atoms with Crippen molar-refractivity contribution in [2.24, 2.45) is 5.10 Å². The van der Waals surface area contributed by atoms with Crippen molar-refractivity contribution < 1.29 is 19.4 Å². The molecule has 1 aromatic carbocycles. The lowest BCUT2D eigenvalue weighted by Crippen LogP contribution is -2.34. The monoisotopic (exact) mass is 276 g/mol. The summed E-state index contributed by atoms with van der Waals surface area (Å²) in [6.07, 6.45) is -1.56. The molecule has 0 aliphatic carbocycles. The minimum absolute atomic E-state index is 0.557. The number of rotatable bonds is 4. The maximum atomic E-state index is 11.3. The van der Waals surface area contributed by atoms with Crippen LogP contribution >= 0.6 is 0 Å². The van der Waals surface area contributed by atoms with E-state index in [2.05, 4.69) is 10.5 Å². The summed E-state index contributed by atoms with van der Waals surface area (Å²) in [5.74, 6) is -0.445. The zero-order chi connectivity index (χ0) is 15.1. The fourth-order valence-electron chi connectivity index (χ4n) is 1.29. The normalized spacial score (nSPS) is 10.3. The van der Waals surface area contributed by atoms with E-state index in [1.165, 1.54) is 18.5 Å². The minimum atomic E-state index is -1.56. The number of hydrazone groups is 1. The molecule has 20 heavy (non-hydrogen) atoms. The van der Waals surface area contributed by atoms with Gasteiger partial charge in [0.05, 0.1) is 12.8 Å². The quantitative estimate of drug-likeness (QED) is 0.558. The van der Waals surface area contributed by atoms with Crippen molar-refractivity contribution in [1.82, 2.24) is 5.32 Å². The predicted octanol–water partition coefficient (Wildman–Crippen LogP) is 1.09. The van der Waals surface area contributed by atoms with E-state index in [1.807, 2.05) is 0 Å². The van der Waals surface area contributed by atoms with E-state index in [9.17, 15) is 9.59 Å². The fraction of sp³-hybridized carbons (Fsp3) is 0.167. The number of carboxylic acid groups (broad SMARTS) is 1. The summed E-state index contributed by atoms with van der Waals surface area (Å²) in [6.45, 7) is 1.78. The van der Waals surface area contributed by atoms with Crippen molar-refractivity contribution >= 4 is 23.4 Å². The molecule has 0 heterocycles. The van der Waals surface area contributed by atoms with Crippen molar-refractivity contribution in [2.45, 2.75) is 6.92 Å². The molecule has 1 aromatic rings. The molecule has 0 radical (unpaired) electrons. The second kappa shape index (κ2) is 6.75. The third kappa shape index (κ3) is 3.99. The zero-order valence-corrected chi connectivity index (χ0v) is 10.8. The molecule has 1 rings (SSSR count). The number of benzene rings is 1. The minimum Gasteiger partial charge on any atom is -0.497 e. The second-order valence-electron chi connectivity index (χ2n) is 3.62. The molecular weight excluding hydrogens is 264 g/mol. The zero-order valence-electron chi connectivity index (χ0n) is 10.8. The molecule has 0 unspecified atom stereocenters. The molecule has 0 atom stereocenters. The number of aryl methyl sites for hydroxylation is 1. The number of nitrogens with zero attached hydrogens (tertiary/aromatic N) is 2. The molecule has 8 heteroatoms. The highest BCUT2D eigenvalue weighted by atomic mass is 16.5. The number of ether oxygens (including phenoxy) is 1. The van der Waals surface area contributed by atoms with Crippen molar-refractivity contribution in [3.05, 3.63) is 23.8 Å². The summed E-state index contributed by atoms with van der Waals surface area (Å²) in [6, 6.07) is 6.57. The maximum absolute atomic E-state index is 11.3. The fourth-order valence-corrected chi connectivity index (χ4v) is 1.29. The topological polar surface area (TPSA) is 124 Å². The van der Waals surface area contributed by atoms with Crippen molar-refractivity contribution in [3.8, 4) is 11.8 Å². The number of carbonyl (C=O) groups is 2. The highest BCUT2D eigenvalue weighted by Crippen LogP contribution is 2.20. The van der Waals surface area contributed by atoms with E-state index >= 15 is 0 Å². The predicted molar refractivity (Wildman–Crippen MR) is 70.6 cm³/mol. The number of nitrogens with one attached hydrogen (secondary N) is 2. The number of imide groups is 1. The van der Waals surface area contributed by atoms with E-state index in [1.54, 1.807) is 25.1 Å². The summed E-state index contributed by atoms with van der Waals surface area (Å²) < 4.78 is 5.03. The van der Waals surface area contributed by atoms with Gasteiger partial charge in [0.15, 0.2) is 0 Å². The summed E-state index contributed by atoms with van der Waals surface area (Å²) >= 11 is 0. The first-order valence-corrected chi connectivity index (χ1v) is 5.40. The van der Waals surface area contributed by atoms with Crippen LogP contribution in [0.2, 0.25) is 0 Å². The van der Waals surface area contributed by atoms with Gasteiger partial charge in [-0.2, -0.15) is 10.4 Å². The number of hydrogen-bond acceptors (Lipinski definition) is 6. The summed E-state index contributed by atoms with van der Waals surface area (Å²) in [5.41, 5.74) is 3.27. The highest BCUT2D eigenvalue weighted by molar-refractivity contribution is 6.46. The molecule has 0 saturated carbocycles. The first kappa shape index (κ1) is 15.0. The molecule has 8 nitrogen and oxygen atoms in total. The number of anilines is 1. The lowest BCUT2D eigenvalue weighted by atomic mass is 10.2. The van der Waals surface area contributed by atoms with Gasteiger partial charge in [0.1, 0.15) is 11.8 Å². The van der Waals surface area contributed by atoms with Gasteiger partial charge in [-0.05, 0) is 30.7 Å². The van der Waals surface area contributed by atoms with Gasteiger partial charge in [-0.3, -0.25) is 15.5 Å². The SMILES string of the molecule is COc1ccc(N/N=C(/C#N)C(=O)NC(=O)O)c(C)c1. The Morgan fingerprint density at radius 3 is 2.65 bits per heavy atom. The van der Waals surface area contributed by atoms with Gasteiger partial charge in [0.25, 0.3) is 5.91 Å². The summed E-state index contributed by atoms with van der Waals surface area (Å²) in [4.78, 5) is 21.6. The molecule has 0 fully saturated rings. The van der Waals surface area contributed by atoms with Crippen LogP contribution in [0.1, 0.15) is 5.56 Å². The molecular formula is C12H12N4O4. The van der Waals surface area contributed by atoms with E-state index in [0.717, 1.165) is 5.56 Å². The van der Waals surface area contributed by atoms with Crippen molar-refractivity contribution in [1.29, 1.82) is 5.26 Å². The Morgan fingerprint density at radius 2 is 2.15 bits per heavy atom. The lowest BCUT2D eigenvalue weighted by molar-refractivity contribution is -0.113. The maximum Gasteiger partial charge on any atom is 0.411 e. The largest absolute Gasteiger partial charge is 0.497 e. The van der Waals surface area contributed by atoms with Crippen LogP contribution in [0.25, 0.3) is 0 Å². The molecule has 0 bridgehead atoms. The molecule has 0 saturated heterocycles. The second-order valence-corrected chi connectivity index (χ2v) is 3.62. The van der Waals surface area contributed by atoms with Crippen LogP contribution in [0.4, 0.5) is 10.5 Å².